The molecule has 0 radical (unpaired) electrons. The lowest BCUT2D eigenvalue weighted by Crippen LogP contribution is -2.31. The Bertz CT molecular complexity index is 1040. The zero-order valence-electron chi connectivity index (χ0n) is 14.1. The first-order valence-corrected chi connectivity index (χ1v) is 9.84. The minimum atomic E-state index is -4.51. The number of sulfonamides is 1. The van der Waals surface area contributed by atoms with Crippen LogP contribution in [0.15, 0.2) is 53.4 Å². The first-order chi connectivity index (χ1) is 12.8. The number of aromatic amines is 1. The maximum absolute atomic E-state index is 13.0. The van der Waals surface area contributed by atoms with Gasteiger partial charge in [-0.25, -0.2) is 13.4 Å². The first kappa shape index (κ1) is 18.0. The molecule has 2 aromatic carbocycles. The van der Waals surface area contributed by atoms with Crippen LogP contribution in [0.2, 0.25) is 0 Å². The van der Waals surface area contributed by atoms with Crippen LogP contribution in [-0.2, 0) is 16.2 Å². The minimum absolute atomic E-state index is 0.154. The van der Waals surface area contributed by atoms with Gasteiger partial charge in [-0.05, 0) is 49.2 Å². The van der Waals surface area contributed by atoms with E-state index < -0.39 is 27.8 Å². The molecular formula is C18H16F3N3O2S. The number of benzene rings is 2. The van der Waals surface area contributed by atoms with Crippen LogP contribution in [0.25, 0.3) is 11.0 Å². The van der Waals surface area contributed by atoms with Crippen molar-refractivity contribution in [2.45, 2.75) is 30.0 Å². The summed E-state index contributed by atoms with van der Waals surface area (Å²) in [5, 5.41) is 0. The molecule has 5 nitrogen and oxygen atoms in total. The van der Waals surface area contributed by atoms with Crippen molar-refractivity contribution in [2.24, 2.45) is 0 Å². The predicted molar refractivity (Wildman–Crippen MR) is 93.4 cm³/mol. The number of alkyl halides is 3. The Kier molecular flexibility index (Phi) is 4.23. The molecule has 4 rings (SSSR count). The number of nitrogens with zero attached hydrogens (tertiary/aromatic N) is 2. The van der Waals surface area contributed by atoms with Gasteiger partial charge in [0, 0.05) is 6.54 Å². The van der Waals surface area contributed by atoms with Gasteiger partial charge in [-0.15, -0.1) is 0 Å². The number of rotatable bonds is 3. The van der Waals surface area contributed by atoms with Crippen molar-refractivity contribution in [3.05, 3.63) is 59.9 Å². The van der Waals surface area contributed by atoms with Gasteiger partial charge < -0.3 is 4.98 Å². The fourth-order valence-corrected chi connectivity index (χ4v) is 5.04. The van der Waals surface area contributed by atoms with Crippen molar-refractivity contribution in [2.75, 3.05) is 6.54 Å². The van der Waals surface area contributed by atoms with Crippen molar-refractivity contribution in [3.8, 4) is 0 Å². The predicted octanol–water partition coefficient (Wildman–Crippen LogP) is 4.11. The number of nitrogens with one attached hydrogen (secondary N) is 1. The Morgan fingerprint density at radius 2 is 1.78 bits per heavy atom. The topological polar surface area (TPSA) is 66.1 Å². The molecule has 3 aromatic rings. The molecule has 0 aliphatic carbocycles. The summed E-state index contributed by atoms with van der Waals surface area (Å²) < 4.78 is 65.5. The summed E-state index contributed by atoms with van der Waals surface area (Å²) in [5.41, 5.74) is 0.675. The van der Waals surface area contributed by atoms with E-state index in [2.05, 4.69) is 9.97 Å². The molecule has 1 aliphatic heterocycles. The van der Waals surface area contributed by atoms with Crippen LogP contribution in [0.1, 0.15) is 30.3 Å². The zero-order valence-corrected chi connectivity index (χ0v) is 14.9. The maximum Gasteiger partial charge on any atom is 0.416 e. The number of hydrogen-bond donors (Lipinski definition) is 1. The molecule has 27 heavy (non-hydrogen) atoms. The minimum Gasteiger partial charge on any atom is -0.341 e. The summed E-state index contributed by atoms with van der Waals surface area (Å²) in [5.74, 6) is 0.546. The summed E-state index contributed by atoms with van der Waals surface area (Å²) in [6.45, 7) is 0.297. The largest absolute Gasteiger partial charge is 0.416 e. The van der Waals surface area contributed by atoms with E-state index in [9.17, 15) is 21.6 Å². The van der Waals surface area contributed by atoms with E-state index in [1.807, 2.05) is 24.3 Å². The summed E-state index contributed by atoms with van der Waals surface area (Å²) in [7, 11) is -3.93. The highest BCUT2D eigenvalue weighted by atomic mass is 32.2. The third-order valence-electron chi connectivity index (χ3n) is 4.72. The average Bonchev–Trinajstić information content (AvgIpc) is 3.28. The molecule has 1 N–H and O–H groups in total. The Labute approximate surface area is 153 Å². The summed E-state index contributed by atoms with van der Waals surface area (Å²) in [6.07, 6.45) is -3.26. The van der Waals surface area contributed by atoms with Gasteiger partial charge in [0.1, 0.15) is 5.82 Å². The molecule has 0 unspecified atom stereocenters. The molecule has 1 saturated heterocycles. The molecule has 1 fully saturated rings. The third-order valence-corrected chi connectivity index (χ3v) is 6.64. The molecule has 142 valence electrons. The van der Waals surface area contributed by atoms with Crippen LogP contribution in [0.5, 0.6) is 0 Å². The van der Waals surface area contributed by atoms with Crippen LogP contribution >= 0.6 is 0 Å². The van der Waals surface area contributed by atoms with E-state index >= 15 is 0 Å². The van der Waals surface area contributed by atoms with E-state index in [0.29, 0.717) is 25.2 Å². The lowest BCUT2D eigenvalue weighted by atomic mass is 10.2. The Morgan fingerprint density at radius 3 is 2.44 bits per heavy atom. The van der Waals surface area contributed by atoms with Crippen molar-refractivity contribution in [3.63, 3.8) is 0 Å². The SMILES string of the molecule is O=S(=O)(c1ccc(C(F)(F)F)cc1)N1CCC[C@H]1c1nc2ccccc2[nH]1. The van der Waals surface area contributed by atoms with Gasteiger partial charge >= 0.3 is 6.18 Å². The number of imidazole rings is 1. The lowest BCUT2D eigenvalue weighted by Gasteiger charge is -2.22. The smallest absolute Gasteiger partial charge is 0.341 e. The summed E-state index contributed by atoms with van der Waals surface area (Å²) in [6, 6.07) is 10.5. The van der Waals surface area contributed by atoms with E-state index in [4.69, 9.17) is 0 Å². The lowest BCUT2D eigenvalue weighted by molar-refractivity contribution is -0.137. The van der Waals surface area contributed by atoms with Gasteiger partial charge in [0.15, 0.2) is 0 Å². The molecule has 0 saturated carbocycles. The third kappa shape index (κ3) is 3.21. The highest BCUT2D eigenvalue weighted by Crippen LogP contribution is 2.37. The Balaban J connectivity index is 1.68. The van der Waals surface area contributed by atoms with Crippen LogP contribution in [0.3, 0.4) is 0 Å². The van der Waals surface area contributed by atoms with Crippen LogP contribution in [0, 0.1) is 0 Å². The highest BCUT2D eigenvalue weighted by Gasteiger charge is 2.38. The molecule has 9 heteroatoms. The van der Waals surface area contributed by atoms with E-state index in [1.165, 1.54) is 4.31 Å². The van der Waals surface area contributed by atoms with E-state index in [0.717, 1.165) is 35.3 Å². The van der Waals surface area contributed by atoms with E-state index in [1.54, 1.807) is 0 Å². The van der Waals surface area contributed by atoms with Gasteiger partial charge in [0.2, 0.25) is 10.0 Å². The molecular weight excluding hydrogens is 379 g/mol. The normalized spacial score (nSPS) is 19.0. The van der Waals surface area contributed by atoms with Crippen LogP contribution in [-0.4, -0.2) is 29.2 Å². The van der Waals surface area contributed by atoms with Gasteiger partial charge in [0.05, 0.1) is 27.5 Å². The quantitative estimate of drug-likeness (QED) is 0.726. The van der Waals surface area contributed by atoms with E-state index in [-0.39, 0.29) is 4.90 Å². The molecule has 0 bridgehead atoms. The Morgan fingerprint density at radius 1 is 1.07 bits per heavy atom. The first-order valence-electron chi connectivity index (χ1n) is 8.40. The van der Waals surface area contributed by atoms with Crippen LogP contribution < -0.4 is 0 Å². The van der Waals surface area contributed by atoms with Crippen molar-refractivity contribution in [1.82, 2.24) is 14.3 Å². The average molecular weight is 395 g/mol. The standard InChI is InChI=1S/C18H16F3N3O2S/c19-18(20,21)12-7-9-13(10-8-12)27(25,26)24-11-3-6-16(24)17-22-14-4-1-2-5-15(14)23-17/h1-2,4-5,7-10,16H,3,6,11H2,(H,22,23)/t16-/m0/s1. The van der Waals surface area contributed by atoms with Gasteiger partial charge in [-0.3, -0.25) is 0 Å². The van der Waals surface area contributed by atoms with Crippen molar-refractivity contribution in [1.29, 1.82) is 0 Å². The van der Waals surface area contributed by atoms with Crippen molar-refractivity contribution < 1.29 is 21.6 Å². The number of aromatic nitrogens is 2. The second-order valence-electron chi connectivity index (χ2n) is 6.44. The number of para-hydroxylation sites is 2. The van der Waals surface area contributed by atoms with Crippen molar-refractivity contribution >= 4 is 21.1 Å². The molecule has 1 aromatic heterocycles. The number of hydrogen-bond acceptors (Lipinski definition) is 3. The molecule has 1 atom stereocenters. The molecule has 0 spiro atoms. The number of fused-ring (bicyclic) bond motifs is 1. The van der Waals surface area contributed by atoms with Crippen LogP contribution in [0.4, 0.5) is 13.2 Å². The van der Waals surface area contributed by atoms with Gasteiger partial charge in [0.25, 0.3) is 0 Å². The van der Waals surface area contributed by atoms with Gasteiger partial charge in [-0.2, -0.15) is 17.5 Å². The summed E-state index contributed by atoms with van der Waals surface area (Å²) in [4.78, 5) is 7.49. The highest BCUT2D eigenvalue weighted by molar-refractivity contribution is 7.89. The number of halogens is 3. The second-order valence-corrected chi connectivity index (χ2v) is 8.33. The molecule has 1 aliphatic rings. The Hall–Kier alpha value is -2.39. The monoisotopic (exact) mass is 395 g/mol. The molecule has 2 heterocycles. The second kappa shape index (κ2) is 6.35. The maximum atomic E-state index is 13.0. The molecule has 0 amide bonds. The fourth-order valence-electron chi connectivity index (χ4n) is 3.38. The van der Waals surface area contributed by atoms with Gasteiger partial charge in [-0.1, -0.05) is 12.1 Å². The fraction of sp³-hybridized carbons (Fsp3) is 0.278. The zero-order chi connectivity index (χ0) is 19.2. The number of H-pyrrole nitrogens is 1. The summed E-state index contributed by atoms with van der Waals surface area (Å²) >= 11 is 0.